The number of nitrogens with zero attached hydrogens (tertiary/aromatic N) is 2. The lowest BCUT2D eigenvalue weighted by Gasteiger charge is -2.08. The SMILES string of the molecule is Cc1nn(Cc2ccccc2Cl)c(Cl)c1C(=O)NCC(F)(F)F. The van der Waals surface area contributed by atoms with E-state index in [1.165, 1.54) is 11.6 Å². The highest BCUT2D eigenvalue weighted by molar-refractivity contribution is 6.33. The van der Waals surface area contributed by atoms with Crippen molar-refractivity contribution in [3.8, 4) is 0 Å². The molecule has 0 fully saturated rings. The summed E-state index contributed by atoms with van der Waals surface area (Å²) in [7, 11) is 0. The molecule has 0 aliphatic rings. The van der Waals surface area contributed by atoms with Crippen LogP contribution in [0, 0.1) is 6.92 Å². The van der Waals surface area contributed by atoms with Gasteiger partial charge < -0.3 is 5.32 Å². The number of aryl methyl sites for hydroxylation is 1. The first-order valence-corrected chi connectivity index (χ1v) is 7.26. The maximum atomic E-state index is 12.2. The van der Waals surface area contributed by atoms with Crippen LogP contribution >= 0.6 is 23.2 Å². The van der Waals surface area contributed by atoms with E-state index in [0.29, 0.717) is 5.02 Å². The minimum atomic E-state index is -4.50. The standard InChI is InChI=1S/C14H12Cl2F3N3O/c1-8-11(13(23)20-7-14(17,18)19)12(16)22(21-8)6-9-4-2-3-5-10(9)15/h2-5H,6-7H2,1H3,(H,20,23). The van der Waals surface area contributed by atoms with E-state index >= 15 is 0 Å². The smallest absolute Gasteiger partial charge is 0.343 e. The molecule has 0 radical (unpaired) electrons. The summed E-state index contributed by atoms with van der Waals surface area (Å²) in [5, 5.41) is 6.34. The Labute approximate surface area is 140 Å². The molecule has 0 bridgehead atoms. The molecule has 1 N–H and O–H groups in total. The number of benzene rings is 1. The lowest BCUT2D eigenvalue weighted by atomic mass is 10.2. The van der Waals surface area contributed by atoms with Crippen LogP contribution in [0.4, 0.5) is 13.2 Å². The van der Waals surface area contributed by atoms with Gasteiger partial charge in [0.05, 0.1) is 17.8 Å². The van der Waals surface area contributed by atoms with Gasteiger partial charge >= 0.3 is 6.18 Å². The summed E-state index contributed by atoms with van der Waals surface area (Å²) >= 11 is 12.1. The Morgan fingerprint density at radius 1 is 1.30 bits per heavy atom. The second-order valence-corrected chi connectivity index (χ2v) is 5.56. The predicted molar refractivity (Wildman–Crippen MR) is 80.9 cm³/mol. The molecule has 9 heteroatoms. The number of carbonyl (C=O) groups is 1. The van der Waals surface area contributed by atoms with Crippen LogP contribution < -0.4 is 5.32 Å². The Bertz CT molecular complexity index is 729. The van der Waals surface area contributed by atoms with Gasteiger partial charge in [-0.1, -0.05) is 41.4 Å². The number of rotatable bonds is 4. The van der Waals surface area contributed by atoms with Crippen molar-refractivity contribution in [2.75, 3.05) is 6.54 Å². The van der Waals surface area contributed by atoms with E-state index in [9.17, 15) is 18.0 Å². The van der Waals surface area contributed by atoms with Gasteiger partial charge in [0.2, 0.25) is 0 Å². The molecule has 1 amide bonds. The van der Waals surface area contributed by atoms with Crippen LogP contribution in [0.2, 0.25) is 10.2 Å². The first-order chi connectivity index (χ1) is 10.7. The molecule has 23 heavy (non-hydrogen) atoms. The molecule has 1 aromatic heterocycles. The number of aromatic nitrogens is 2. The normalized spacial score (nSPS) is 11.6. The molecule has 1 aromatic carbocycles. The monoisotopic (exact) mass is 365 g/mol. The number of nitrogens with one attached hydrogen (secondary N) is 1. The summed E-state index contributed by atoms with van der Waals surface area (Å²) in [4.78, 5) is 11.9. The largest absolute Gasteiger partial charge is 0.405 e. The summed E-state index contributed by atoms with van der Waals surface area (Å²) in [6.45, 7) is 0.265. The van der Waals surface area contributed by atoms with E-state index in [0.717, 1.165) is 5.56 Å². The van der Waals surface area contributed by atoms with Gasteiger partial charge in [-0.3, -0.25) is 4.79 Å². The van der Waals surface area contributed by atoms with Crippen LogP contribution in [0.15, 0.2) is 24.3 Å². The minimum Gasteiger partial charge on any atom is -0.343 e. The Morgan fingerprint density at radius 3 is 2.57 bits per heavy atom. The summed E-state index contributed by atoms with van der Waals surface area (Å²) in [5.74, 6) is -0.921. The Hall–Kier alpha value is -1.73. The molecule has 0 saturated carbocycles. The van der Waals surface area contributed by atoms with Gasteiger partial charge in [0, 0.05) is 5.02 Å². The zero-order chi connectivity index (χ0) is 17.2. The van der Waals surface area contributed by atoms with Crippen molar-refractivity contribution < 1.29 is 18.0 Å². The minimum absolute atomic E-state index is 0.0397. The van der Waals surface area contributed by atoms with Crippen LogP contribution in [0.25, 0.3) is 0 Å². The van der Waals surface area contributed by atoms with E-state index in [1.54, 1.807) is 29.6 Å². The zero-order valence-corrected chi connectivity index (χ0v) is 13.4. The topological polar surface area (TPSA) is 46.9 Å². The third-order valence-electron chi connectivity index (χ3n) is 3.02. The number of amides is 1. The predicted octanol–water partition coefficient (Wildman–Crippen LogP) is 3.84. The molecule has 0 atom stereocenters. The van der Waals surface area contributed by atoms with Crippen LogP contribution in [-0.2, 0) is 6.54 Å². The van der Waals surface area contributed by atoms with Crippen molar-refractivity contribution >= 4 is 29.1 Å². The fourth-order valence-corrected chi connectivity index (χ4v) is 2.49. The Morgan fingerprint density at radius 2 is 1.96 bits per heavy atom. The molecule has 1 heterocycles. The number of carbonyl (C=O) groups excluding carboxylic acids is 1. The maximum Gasteiger partial charge on any atom is 0.405 e. The second-order valence-electron chi connectivity index (χ2n) is 4.80. The average Bonchev–Trinajstić information content (AvgIpc) is 2.73. The van der Waals surface area contributed by atoms with Crippen LogP contribution in [-0.4, -0.2) is 28.4 Å². The van der Waals surface area contributed by atoms with Crippen molar-refractivity contribution in [2.45, 2.75) is 19.6 Å². The fraction of sp³-hybridized carbons (Fsp3) is 0.286. The highest BCUT2D eigenvalue weighted by atomic mass is 35.5. The van der Waals surface area contributed by atoms with Gasteiger partial charge in [-0.15, -0.1) is 0 Å². The van der Waals surface area contributed by atoms with Gasteiger partial charge in [-0.25, -0.2) is 4.68 Å². The molecule has 2 aromatic rings. The highest BCUT2D eigenvalue weighted by Gasteiger charge is 2.29. The Kier molecular flexibility index (Phi) is 5.21. The molecular weight excluding hydrogens is 354 g/mol. The van der Waals surface area contributed by atoms with Gasteiger partial charge in [-0.05, 0) is 18.6 Å². The van der Waals surface area contributed by atoms with E-state index in [4.69, 9.17) is 23.2 Å². The van der Waals surface area contributed by atoms with Crippen molar-refractivity contribution in [1.29, 1.82) is 0 Å². The van der Waals surface area contributed by atoms with Crippen LogP contribution in [0.1, 0.15) is 21.6 Å². The summed E-state index contributed by atoms with van der Waals surface area (Å²) in [5.41, 5.74) is 0.880. The van der Waals surface area contributed by atoms with Crippen LogP contribution in [0.5, 0.6) is 0 Å². The lowest BCUT2D eigenvalue weighted by Crippen LogP contribution is -2.34. The molecule has 2 rings (SSSR count). The van der Waals surface area contributed by atoms with Gasteiger partial charge in [0.1, 0.15) is 11.7 Å². The maximum absolute atomic E-state index is 12.2. The quantitative estimate of drug-likeness (QED) is 0.894. The molecular formula is C14H12Cl2F3N3O. The lowest BCUT2D eigenvalue weighted by molar-refractivity contribution is -0.123. The van der Waals surface area contributed by atoms with E-state index < -0.39 is 18.6 Å². The van der Waals surface area contributed by atoms with E-state index in [-0.39, 0.29) is 23.0 Å². The van der Waals surface area contributed by atoms with Crippen molar-refractivity contribution in [2.24, 2.45) is 0 Å². The van der Waals surface area contributed by atoms with Crippen LogP contribution in [0.3, 0.4) is 0 Å². The first kappa shape index (κ1) is 17.6. The van der Waals surface area contributed by atoms with Gasteiger partial charge in [0.15, 0.2) is 0 Å². The summed E-state index contributed by atoms with van der Waals surface area (Å²) in [6, 6.07) is 7.00. The average molecular weight is 366 g/mol. The van der Waals surface area contributed by atoms with Gasteiger partial charge in [0.25, 0.3) is 5.91 Å². The molecule has 0 aliphatic carbocycles. The third kappa shape index (κ3) is 4.39. The fourth-order valence-electron chi connectivity index (χ4n) is 1.97. The molecule has 0 aliphatic heterocycles. The summed E-state index contributed by atoms with van der Waals surface area (Å²) in [6.07, 6.45) is -4.50. The van der Waals surface area contributed by atoms with Crippen molar-refractivity contribution in [1.82, 2.24) is 15.1 Å². The molecule has 0 saturated heterocycles. The number of alkyl halides is 3. The summed E-state index contributed by atoms with van der Waals surface area (Å²) < 4.78 is 37.9. The van der Waals surface area contributed by atoms with Crippen molar-refractivity contribution in [3.63, 3.8) is 0 Å². The molecule has 0 spiro atoms. The molecule has 4 nitrogen and oxygen atoms in total. The third-order valence-corrected chi connectivity index (χ3v) is 3.77. The zero-order valence-electron chi connectivity index (χ0n) is 11.9. The number of hydrogen-bond acceptors (Lipinski definition) is 2. The number of halogens is 5. The Balaban J connectivity index is 2.22. The molecule has 0 unspecified atom stereocenters. The highest BCUT2D eigenvalue weighted by Crippen LogP contribution is 2.23. The second kappa shape index (κ2) is 6.80. The van der Waals surface area contributed by atoms with E-state index in [1.807, 2.05) is 0 Å². The van der Waals surface area contributed by atoms with Crippen molar-refractivity contribution in [3.05, 3.63) is 51.3 Å². The van der Waals surface area contributed by atoms with E-state index in [2.05, 4.69) is 5.10 Å². The number of hydrogen-bond donors (Lipinski definition) is 1. The molecule has 124 valence electrons. The van der Waals surface area contributed by atoms with Gasteiger partial charge in [-0.2, -0.15) is 18.3 Å². The first-order valence-electron chi connectivity index (χ1n) is 6.50.